The van der Waals surface area contributed by atoms with Gasteiger partial charge in [0.05, 0.1) is 24.7 Å². The van der Waals surface area contributed by atoms with Crippen molar-refractivity contribution in [3.63, 3.8) is 0 Å². The van der Waals surface area contributed by atoms with Crippen LogP contribution in [0.15, 0.2) is 23.9 Å². The van der Waals surface area contributed by atoms with Gasteiger partial charge in [0.1, 0.15) is 6.10 Å². The van der Waals surface area contributed by atoms with Crippen LogP contribution in [-0.2, 0) is 25.1 Å². The fourth-order valence-corrected chi connectivity index (χ4v) is 4.18. The van der Waals surface area contributed by atoms with Gasteiger partial charge < -0.3 is 9.47 Å². The van der Waals surface area contributed by atoms with Gasteiger partial charge in [0.2, 0.25) is 0 Å². The monoisotopic (exact) mass is 400 g/mol. The maximum absolute atomic E-state index is 12.2. The molecule has 26 heavy (non-hydrogen) atoms. The van der Waals surface area contributed by atoms with Crippen LogP contribution in [0, 0.1) is 13.8 Å². The van der Waals surface area contributed by atoms with Crippen LogP contribution in [-0.4, -0.2) is 56.7 Å². The molecule has 146 valence electrons. The summed E-state index contributed by atoms with van der Waals surface area (Å²) in [4.78, 5) is 20.7. The second-order valence-electron chi connectivity index (χ2n) is 5.82. The van der Waals surface area contributed by atoms with E-state index in [0.717, 1.165) is 24.2 Å². The molecule has 0 spiro atoms. The summed E-state index contributed by atoms with van der Waals surface area (Å²) in [6.07, 6.45) is 2.97. The molecule has 0 saturated carbocycles. The van der Waals surface area contributed by atoms with Crippen LogP contribution in [0.2, 0.25) is 0 Å². The first-order valence-electron chi connectivity index (χ1n) is 8.62. The predicted molar refractivity (Wildman–Crippen MR) is 106 cm³/mol. The lowest BCUT2D eigenvalue weighted by Gasteiger charge is -2.17. The Labute approximate surface area is 162 Å². The fourth-order valence-electron chi connectivity index (χ4n) is 2.10. The normalized spacial score (nSPS) is 13.2. The highest BCUT2D eigenvalue weighted by molar-refractivity contribution is 7.99. The highest BCUT2D eigenvalue weighted by Gasteiger charge is 2.18. The zero-order chi connectivity index (χ0) is 19.4. The van der Waals surface area contributed by atoms with Crippen molar-refractivity contribution in [1.82, 2.24) is 9.97 Å². The summed E-state index contributed by atoms with van der Waals surface area (Å²) in [6, 6.07) is 1.88. The van der Waals surface area contributed by atoms with Crippen LogP contribution >= 0.6 is 11.8 Å². The molecule has 0 aliphatic rings. The second-order valence-corrected chi connectivity index (χ2v) is 8.39. The van der Waals surface area contributed by atoms with E-state index >= 15 is 0 Å². The Morgan fingerprint density at radius 3 is 2.69 bits per heavy atom. The van der Waals surface area contributed by atoms with Crippen molar-refractivity contribution < 1.29 is 18.5 Å². The van der Waals surface area contributed by atoms with Crippen molar-refractivity contribution in [2.24, 2.45) is 0 Å². The smallest absolute Gasteiger partial charge is 0.316 e. The molecule has 0 N–H and O–H groups in total. The molecule has 2 atom stereocenters. The van der Waals surface area contributed by atoms with Crippen LogP contribution in [0.3, 0.4) is 0 Å². The Hall–Kier alpha value is -1.25. The zero-order valence-electron chi connectivity index (χ0n) is 15.7. The first-order valence-corrected chi connectivity index (χ1v) is 11.1. The zero-order valence-corrected chi connectivity index (χ0v) is 17.4. The molecule has 0 fully saturated rings. The van der Waals surface area contributed by atoms with Gasteiger partial charge >= 0.3 is 5.97 Å². The third kappa shape index (κ3) is 10.0. The van der Waals surface area contributed by atoms with Crippen molar-refractivity contribution in [3.05, 3.63) is 30.1 Å². The number of thioether (sulfide) groups is 1. The van der Waals surface area contributed by atoms with Gasteiger partial charge in [-0.05, 0) is 26.3 Å². The Kier molecular flexibility index (Phi) is 11.4. The number of aromatic nitrogens is 2. The minimum absolute atomic E-state index is 0.0996. The molecule has 2 unspecified atom stereocenters. The van der Waals surface area contributed by atoms with Crippen molar-refractivity contribution in [2.75, 3.05) is 30.5 Å². The van der Waals surface area contributed by atoms with E-state index in [1.54, 1.807) is 6.08 Å². The Balaban J connectivity index is 2.53. The highest BCUT2D eigenvalue weighted by atomic mass is 32.2. The second kappa shape index (κ2) is 13.0. The van der Waals surface area contributed by atoms with Crippen LogP contribution in [0.4, 0.5) is 0 Å². The minimum Gasteiger partial charge on any atom is -0.458 e. The molecule has 0 aliphatic carbocycles. The molecule has 0 saturated heterocycles. The van der Waals surface area contributed by atoms with Crippen molar-refractivity contribution in [1.29, 1.82) is 0 Å². The van der Waals surface area contributed by atoms with Gasteiger partial charge in [0.15, 0.2) is 5.16 Å². The maximum Gasteiger partial charge on any atom is 0.316 e. The summed E-state index contributed by atoms with van der Waals surface area (Å²) in [5, 5.41) is 0.547. The lowest BCUT2D eigenvalue weighted by atomic mass is 10.4. The van der Waals surface area contributed by atoms with Crippen molar-refractivity contribution in [2.45, 2.75) is 44.9 Å². The summed E-state index contributed by atoms with van der Waals surface area (Å²) in [5.74, 6) is 0.602. The average molecular weight is 401 g/mol. The summed E-state index contributed by atoms with van der Waals surface area (Å²) in [6.45, 7) is 9.98. The number of hydrogen-bond donors (Lipinski definition) is 0. The van der Waals surface area contributed by atoms with E-state index in [0.29, 0.717) is 17.5 Å². The van der Waals surface area contributed by atoms with Crippen molar-refractivity contribution >= 4 is 28.5 Å². The summed E-state index contributed by atoms with van der Waals surface area (Å²) in [7, 11) is -1.03. The van der Waals surface area contributed by atoms with E-state index in [1.807, 2.05) is 26.8 Å². The number of aryl methyl sites for hydroxylation is 2. The topological polar surface area (TPSA) is 78.4 Å². The Morgan fingerprint density at radius 1 is 1.38 bits per heavy atom. The quantitative estimate of drug-likeness (QED) is 0.166. The summed E-state index contributed by atoms with van der Waals surface area (Å²) < 4.78 is 22.9. The molecule has 1 heterocycles. The molecular weight excluding hydrogens is 372 g/mol. The standard InChI is InChI=1S/C18H28N2O4S2/c1-5-7-9-26(22)13-16(11-23-8-6-2)24-17(21)12-25-18-19-14(3)10-15(4)20-18/h6,10,16H,2,5,7-9,11-13H2,1,3-4H3. The summed E-state index contributed by atoms with van der Waals surface area (Å²) in [5.41, 5.74) is 1.71. The third-order valence-corrected chi connectivity index (χ3v) is 5.52. The van der Waals surface area contributed by atoms with Gasteiger partial charge in [-0.2, -0.15) is 0 Å². The minimum atomic E-state index is -1.03. The van der Waals surface area contributed by atoms with Gasteiger partial charge in [-0.1, -0.05) is 31.2 Å². The SMILES string of the molecule is C=CCOCC(CS(=O)CCCC)OC(=O)CSc1nc(C)cc(C)n1. The van der Waals surface area contributed by atoms with Crippen molar-refractivity contribution in [3.8, 4) is 0 Å². The molecule has 6 nitrogen and oxygen atoms in total. The largest absolute Gasteiger partial charge is 0.458 e. The van der Waals surface area contributed by atoms with E-state index in [4.69, 9.17) is 9.47 Å². The number of carbonyl (C=O) groups is 1. The molecule has 0 radical (unpaired) electrons. The lowest BCUT2D eigenvalue weighted by molar-refractivity contribution is -0.147. The van der Waals surface area contributed by atoms with E-state index in [9.17, 15) is 9.00 Å². The number of rotatable bonds is 13. The number of unbranched alkanes of at least 4 members (excludes halogenated alkanes) is 1. The van der Waals surface area contributed by atoms with Gasteiger partial charge in [0, 0.05) is 27.9 Å². The van der Waals surface area contributed by atoms with Gasteiger partial charge in [0.25, 0.3) is 0 Å². The highest BCUT2D eigenvalue weighted by Crippen LogP contribution is 2.15. The van der Waals surface area contributed by atoms with Gasteiger partial charge in [-0.3, -0.25) is 9.00 Å². The fraction of sp³-hybridized carbons (Fsp3) is 0.611. The summed E-state index contributed by atoms with van der Waals surface area (Å²) >= 11 is 1.23. The third-order valence-electron chi connectivity index (χ3n) is 3.22. The Morgan fingerprint density at radius 2 is 2.08 bits per heavy atom. The molecule has 0 amide bonds. The molecule has 8 heteroatoms. The molecule has 1 aromatic heterocycles. The number of hydrogen-bond acceptors (Lipinski definition) is 7. The molecule has 1 rings (SSSR count). The van der Waals surface area contributed by atoms with E-state index in [-0.39, 0.29) is 18.1 Å². The number of ether oxygens (including phenoxy) is 2. The maximum atomic E-state index is 12.2. The van der Waals surface area contributed by atoms with Gasteiger partial charge in [-0.15, -0.1) is 6.58 Å². The Bertz CT molecular complexity index is 591. The van der Waals surface area contributed by atoms with Crippen LogP contribution in [0.1, 0.15) is 31.2 Å². The van der Waals surface area contributed by atoms with Crippen LogP contribution in [0.25, 0.3) is 0 Å². The molecular formula is C18H28N2O4S2. The van der Waals surface area contributed by atoms with Crippen LogP contribution < -0.4 is 0 Å². The average Bonchev–Trinajstić information content (AvgIpc) is 2.57. The number of esters is 1. The van der Waals surface area contributed by atoms with Crippen LogP contribution in [0.5, 0.6) is 0 Å². The molecule has 0 aliphatic heterocycles. The molecule has 0 aromatic carbocycles. The van der Waals surface area contributed by atoms with E-state index in [1.165, 1.54) is 11.8 Å². The first-order chi connectivity index (χ1) is 12.4. The van der Waals surface area contributed by atoms with E-state index in [2.05, 4.69) is 16.5 Å². The predicted octanol–water partition coefficient (Wildman–Crippen LogP) is 2.85. The lowest BCUT2D eigenvalue weighted by Crippen LogP contribution is -2.30. The van der Waals surface area contributed by atoms with Gasteiger partial charge in [-0.25, -0.2) is 9.97 Å². The molecule has 1 aromatic rings. The number of nitrogens with zero attached hydrogens (tertiary/aromatic N) is 2. The first kappa shape index (κ1) is 22.8. The molecule has 0 bridgehead atoms. The number of carbonyl (C=O) groups excluding carboxylic acids is 1. The van der Waals surface area contributed by atoms with E-state index < -0.39 is 22.9 Å².